The molecule has 112 valence electrons. The molecule has 0 radical (unpaired) electrons. The van der Waals surface area contributed by atoms with E-state index < -0.39 is 6.10 Å². The van der Waals surface area contributed by atoms with E-state index in [-0.39, 0.29) is 6.04 Å². The van der Waals surface area contributed by atoms with Gasteiger partial charge in [0.1, 0.15) is 0 Å². The minimum atomic E-state index is -0.477. The van der Waals surface area contributed by atoms with E-state index in [4.69, 9.17) is 5.73 Å². The Hall–Kier alpha value is -1.64. The number of nitrogens with two attached hydrogens (primary N) is 1. The highest BCUT2D eigenvalue weighted by Gasteiger charge is 2.17. The number of benzene rings is 2. The molecule has 2 atom stereocenters. The fraction of sp³-hybridized carbons (Fsp3) is 0.368. The van der Waals surface area contributed by atoms with Crippen LogP contribution in [0, 0.1) is 5.92 Å². The Morgan fingerprint density at radius 1 is 0.857 bits per heavy atom. The molecule has 0 aromatic heterocycles. The minimum absolute atomic E-state index is 0.312. The van der Waals surface area contributed by atoms with Crippen molar-refractivity contribution in [3.63, 3.8) is 0 Å². The summed E-state index contributed by atoms with van der Waals surface area (Å²) < 4.78 is 0. The summed E-state index contributed by atoms with van der Waals surface area (Å²) in [5.41, 5.74) is 9.52. The number of hydrogen-bond acceptors (Lipinski definition) is 2. The van der Waals surface area contributed by atoms with E-state index in [0.29, 0.717) is 5.92 Å². The van der Waals surface area contributed by atoms with Crippen LogP contribution in [0.4, 0.5) is 0 Å². The molecule has 0 unspecified atom stereocenters. The largest absolute Gasteiger partial charge is 0.391 e. The zero-order valence-corrected chi connectivity index (χ0v) is 12.9. The molecule has 2 nitrogen and oxygen atoms in total. The Kier molecular flexibility index (Phi) is 5.54. The van der Waals surface area contributed by atoms with Crippen LogP contribution in [0.3, 0.4) is 0 Å². The molecule has 0 aliphatic heterocycles. The zero-order valence-electron chi connectivity index (χ0n) is 12.9. The van der Waals surface area contributed by atoms with E-state index in [0.717, 1.165) is 18.4 Å². The van der Waals surface area contributed by atoms with Crippen LogP contribution in [-0.2, 0) is 0 Å². The van der Waals surface area contributed by atoms with Crippen molar-refractivity contribution in [2.24, 2.45) is 11.7 Å². The summed E-state index contributed by atoms with van der Waals surface area (Å²) >= 11 is 0. The summed E-state index contributed by atoms with van der Waals surface area (Å²) in [6, 6.07) is 18.1. The second-order valence-electron chi connectivity index (χ2n) is 6.05. The van der Waals surface area contributed by atoms with Crippen molar-refractivity contribution in [2.45, 2.75) is 38.8 Å². The van der Waals surface area contributed by atoms with Crippen LogP contribution in [-0.4, -0.2) is 11.2 Å². The molecule has 0 spiro atoms. The third-order valence-corrected chi connectivity index (χ3v) is 3.86. The highest BCUT2D eigenvalue weighted by atomic mass is 16.3. The SMILES string of the molecule is CC(C)CC[C@@H](O)[C@@H](N)c1ccc(-c2ccccc2)cc1. The third-order valence-electron chi connectivity index (χ3n) is 3.86. The molecule has 0 saturated heterocycles. The summed E-state index contributed by atoms with van der Waals surface area (Å²) in [6.45, 7) is 4.32. The molecular weight excluding hydrogens is 258 g/mol. The van der Waals surface area contributed by atoms with Gasteiger partial charge in [0, 0.05) is 0 Å². The molecule has 2 aromatic carbocycles. The summed E-state index contributed by atoms with van der Waals surface area (Å²) in [6.07, 6.45) is 1.27. The molecule has 21 heavy (non-hydrogen) atoms. The molecular formula is C19H25NO. The molecule has 2 heteroatoms. The number of aliphatic hydroxyl groups is 1. The van der Waals surface area contributed by atoms with Gasteiger partial charge in [-0.1, -0.05) is 68.4 Å². The van der Waals surface area contributed by atoms with Gasteiger partial charge in [-0.2, -0.15) is 0 Å². The average Bonchev–Trinajstić information content (AvgIpc) is 2.53. The lowest BCUT2D eigenvalue weighted by atomic mass is 9.94. The van der Waals surface area contributed by atoms with Crippen molar-refractivity contribution >= 4 is 0 Å². The van der Waals surface area contributed by atoms with Crippen LogP contribution in [0.25, 0.3) is 11.1 Å². The summed E-state index contributed by atoms with van der Waals surface area (Å²) in [4.78, 5) is 0. The Labute approximate surface area is 127 Å². The molecule has 0 amide bonds. The molecule has 0 aliphatic carbocycles. The van der Waals surface area contributed by atoms with E-state index in [1.54, 1.807) is 0 Å². The van der Waals surface area contributed by atoms with Crippen molar-refractivity contribution in [1.29, 1.82) is 0 Å². The van der Waals surface area contributed by atoms with Gasteiger partial charge in [0.25, 0.3) is 0 Å². The topological polar surface area (TPSA) is 46.2 Å². The van der Waals surface area contributed by atoms with Crippen LogP contribution in [0.5, 0.6) is 0 Å². The maximum atomic E-state index is 10.2. The second-order valence-corrected chi connectivity index (χ2v) is 6.05. The van der Waals surface area contributed by atoms with Crippen LogP contribution < -0.4 is 5.73 Å². The molecule has 3 N–H and O–H groups in total. The highest BCUT2D eigenvalue weighted by Crippen LogP contribution is 2.24. The molecule has 0 bridgehead atoms. The molecule has 0 aliphatic rings. The van der Waals surface area contributed by atoms with Crippen molar-refractivity contribution in [3.05, 3.63) is 60.2 Å². The first-order valence-corrected chi connectivity index (χ1v) is 7.67. The third kappa shape index (κ3) is 4.42. The number of rotatable bonds is 6. The monoisotopic (exact) mass is 283 g/mol. The van der Waals surface area contributed by atoms with Gasteiger partial charge in [0.2, 0.25) is 0 Å². The predicted octanol–water partition coefficient (Wildman–Crippen LogP) is 4.15. The first-order valence-electron chi connectivity index (χ1n) is 7.67. The standard InChI is InChI=1S/C19H25NO/c1-14(2)8-13-18(21)19(20)17-11-9-16(10-12-17)15-6-4-3-5-7-15/h3-7,9-12,14,18-19,21H,8,13,20H2,1-2H3/t18-,19+/m1/s1. The summed E-state index contributed by atoms with van der Waals surface area (Å²) in [7, 11) is 0. The normalized spacial score (nSPS) is 14.1. The van der Waals surface area contributed by atoms with E-state index in [1.807, 2.05) is 30.3 Å². The molecule has 0 fully saturated rings. The van der Waals surface area contributed by atoms with E-state index in [2.05, 4.69) is 38.1 Å². The molecule has 0 saturated carbocycles. The first-order chi connectivity index (χ1) is 10.1. The summed E-state index contributed by atoms with van der Waals surface area (Å²) in [5.74, 6) is 0.590. The van der Waals surface area contributed by atoms with E-state index in [1.165, 1.54) is 11.1 Å². The van der Waals surface area contributed by atoms with Gasteiger partial charge < -0.3 is 10.8 Å². The Balaban J connectivity index is 2.04. The maximum absolute atomic E-state index is 10.2. The van der Waals surface area contributed by atoms with Gasteiger partial charge in [-0.25, -0.2) is 0 Å². The number of hydrogen-bond donors (Lipinski definition) is 2. The lowest BCUT2D eigenvalue weighted by molar-refractivity contribution is 0.128. The van der Waals surface area contributed by atoms with Gasteiger partial charge >= 0.3 is 0 Å². The van der Waals surface area contributed by atoms with Crippen LogP contribution in [0.1, 0.15) is 38.3 Å². The fourth-order valence-electron chi connectivity index (χ4n) is 2.43. The predicted molar refractivity (Wildman–Crippen MR) is 88.9 cm³/mol. The Bertz CT molecular complexity index is 533. The quantitative estimate of drug-likeness (QED) is 0.836. The van der Waals surface area contributed by atoms with Crippen LogP contribution in [0.15, 0.2) is 54.6 Å². The zero-order chi connectivity index (χ0) is 15.2. The van der Waals surface area contributed by atoms with Crippen molar-refractivity contribution in [1.82, 2.24) is 0 Å². The fourth-order valence-corrected chi connectivity index (χ4v) is 2.43. The minimum Gasteiger partial charge on any atom is -0.391 e. The molecule has 0 heterocycles. The second kappa shape index (κ2) is 7.39. The number of aliphatic hydroxyl groups excluding tert-OH is 1. The Morgan fingerprint density at radius 2 is 1.43 bits per heavy atom. The molecule has 2 rings (SSSR count). The highest BCUT2D eigenvalue weighted by molar-refractivity contribution is 5.63. The van der Waals surface area contributed by atoms with E-state index in [9.17, 15) is 5.11 Å². The van der Waals surface area contributed by atoms with Crippen molar-refractivity contribution < 1.29 is 5.11 Å². The lowest BCUT2D eigenvalue weighted by Gasteiger charge is -2.20. The Morgan fingerprint density at radius 3 is 2.00 bits per heavy atom. The lowest BCUT2D eigenvalue weighted by Crippen LogP contribution is -2.26. The van der Waals surface area contributed by atoms with Crippen molar-refractivity contribution in [3.8, 4) is 11.1 Å². The van der Waals surface area contributed by atoms with Gasteiger partial charge in [-0.3, -0.25) is 0 Å². The van der Waals surface area contributed by atoms with Gasteiger partial charge in [-0.05, 0) is 35.4 Å². The van der Waals surface area contributed by atoms with Crippen molar-refractivity contribution in [2.75, 3.05) is 0 Å². The maximum Gasteiger partial charge on any atom is 0.0732 e. The smallest absolute Gasteiger partial charge is 0.0732 e. The first kappa shape index (κ1) is 15.7. The summed E-state index contributed by atoms with van der Waals surface area (Å²) in [5, 5.41) is 10.2. The van der Waals surface area contributed by atoms with E-state index >= 15 is 0 Å². The van der Waals surface area contributed by atoms with Gasteiger partial charge in [0.05, 0.1) is 12.1 Å². The van der Waals surface area contributed by atoms with Gasteiger partial charge in [0.15, 0.2) is 0 Å². The molecule has 2 aromatic rings. The van der Waals surface area contributed by atoms with Gasteiger partial charge in [-0.15, -0.1) is 0 Å². The van der Waals surface area contributed by atoms with Crippen LogP contribution in [0.2, 0.25) is 0 Å². The van der Waals surface area contributed by atoms with Crippen LogP contribution >= 0.6 is 0 Å². The average molecular weight is 283 g/mol.